The summed E-state index contributed by atoms with van der Waals surface area (Å²) in [6, 6.07) is 1.23. The quantitative estimate of drug-likeness (QED) is 0.170. The fourth-order valence-corrected chi connectivity index (χ4v) is 7.13. The second kappa shape index (κ2) is 13.1. The molecule has 2 aliphatic heterocycles. The van der Waals surface area contributed by atoms with Gasteiger partial charge in [-0.05, 0) is 31.9 Å². The number of pyridine rings is 2. The number of anilines is 1. The summed E-state index contributed by atoms with van der Waals surface area (Å²) in [5.41, 5.74) is -6.07. The fraction of sp³-hybridized carbons (Fsp3) is 0.382. The number of amides is 1. The first-order chi connectivity index (χ1) is 23.4. The first-order valence-corrected chi connectivity index (χ1v) is 15.8. The molecule has 4 atom stereocenters. The topological polar surface area (TPSA) is 115 Å². The van der Waals surface area contributed by atoms with Gasteiger partial charge in [0, 0.05) is 48.4 Å². The van der Waals surface area contributed by atoms with Gasteiger partial charge < -0.3 is 14.9 Å². The maximum absolute atomic E-state index is 15.6. The van der Waals surface area contributed by atoms with Gasteiger partial charge in [0.25, 0.3) is 5.56 Å². The van der Waals surface area contributed by atoms with Gasteiger partial charge in [-0.25, -0.2) is 13.8 Å². The third kappa shape index (κ3) is 5.78. The number of fused-ring (bicyclic) bond motifs is 1. The van der Waals surface area contributed by atoms with E-state index in [4.69, 9.17) is 11.6 Å². The number of aliphatic imine (C=N–C) groups is 1. The molecule has 0 saturated carbocycles. The lowest BCUT2D eigenvalue weighted by Gasteiger charge is -2.45. The van der Waals surface area contributed by atoms with E-state index in [-0.39, 0.29) is 47.2 Å². The number of nitrogens with zero attached hydrogens (tertiary/aromatic N) is 6. The Morgan fingerprint density at radius 1 is 1.14 bits per heavy atom. The van der Waals surface area contributed by atoms with Crippen LogP contribution in [0.3, 0.4) is 0 Å². The summed E-state index contributed by atoms with van der Waals surface area (Å²) in [5.74, 6) is -10.3. The number of carbonyl (C=O) groups is 1. The SMILES string of the molecule is C=CC(=O)N1[C@H](C)CN(c2c(C#N)c(=O)n([C@H]3C(C(C)C)=NC=C[C@H]3C)c3nc(-c4c(O)c(F)c(F)c(C(F)(F)F)c4F)c(Cl)cc23)C[C@@H]1C. The molecule has 1 N–H and O–H groups in total. The van der Waals surface area contributed by atoms with Gasteiger partial charge in [0.15, 0.2) is 17.4 Å². The Labute approximate surface area is 287 Å². The van der Waals surface area contributed by atoms with E-state index in [9.17, 15) is 41.9 Å². The van der Waals surface area contributed by atoms with E-state index in [1.165, 1.54) is 0 Å². The molecule has 16 heteroatoms. The van der Waals surface area contributed by atoms with Crippen molar-refractivity contribution in [1.82, 2.24) is 14.5 Å². The number of phenolic OH excluding ortho intramolecular Hbond substituents is 1. The second-order valence-electron chi connectivity index (χ2n) is 12.6. The lowest BCUT2D eigenvalue weighted by molar-refractivity contribution is -0.142. The number of alkyl halides is 3. The molecule has 0 aliphatic carbocycles. The van der Waals surface area contributed by atoms with Crippen molar-refractivity contribution in [3.05, 3.63) is 75.0 Å². The van der Waals surface area contributed by atoms with Gasteiger partial charge in [-0.3, -0.25) is 19.1 Å². The third-order valence-electron chi connectivity index (χ3n) is 8.98. The smallest absolute Gasteiger partial charge is 0.422 e. The van der Waals surface area contributed by atoms with Crippen molar-refractivity contribution in [2.75, 3.05) is 18.0 Å². The molecule has 2 aliphatic rings. The van der Waals surface area contributed by atoms with Crippen LogP contribution in [0.1, 0.15) is 51.8 Å². The van der Waals surface area contributed by atoms with Crippen LogP contribution in [0.4, 0.5) is 32.0 Å². The number of phenols is 1. The Hall–Kier alpha value is -4.84. The summed E-state index contributed by atoms with van der Waals surface area (Å²) in [5, 5.41) is 20.4. The Bertz CT molecular complexity index is 2090. The Kier molecular flexibility index (Phi) is 9.57. The van der Waals surface area contributed by atoms with Gasteiger partial charge in [0.2, 0.25) is 11.7 Å². The normalized spacial score (nSPS) is 21.1. The fourth-order valence-electron chi connectivity index (χ4n) is 6.89. The minimum Gasteiger partial charge on any atom is -0.504 e. The van der Waals surface area contributed by atoms with Crippen molar-refractivity contribution in [2.45, 2.75) is 58.9 Å². The summed E-state index contributed by atoms with van der Waals surface area (Å²) < 4.78 is 87.3. The van der Waals surface area contributed by atoms with E-state index in [1.807, 2.05) is 6.07 Å². The first kappa shape index (κ1) is 36.4. The molecule has 264 valence electrons. The first-order valence-electron chi connectivity index (χ1n) is 15.5. The number of hydrogen-bond donors (Lipinski definition) is 1. The van der Waals surface area contributed by atoms with Crippen LogP contribution in [0.5, 0.6) is 5.75 Å². The summed E-state index contributed by atoms with van der Waals surface area (Å²) in [4.78, 5) is 39.2. The number of benzene rings is 1. The summed E-state index contributed by atoms with van der Waals surface area (Å²) >= 11 is 6.55. The van der Waals surface area contributed by atoms with E-state index < -0.39 is 80.8 Å². The lowest BCUT2D eigenvalue weighted by Crippen LogP contribution is -2.58. The van der Waals surface area contributed by atoms with E-state index in [2.05, 4.69) is 16.6 Å². The maximum Gasteiger partial charge on any atom is 0.422 e. The Morgan fingerprint density at radius 3 is 2.30 bits per heavy atom. The number of nitriles is 1. The second-order valence-corrected chi connectivity index (χ2v) is 13.1. The Morgan fingerprint density at radius 2 is 1.76 bits per heavy atom. The number of hydrogen-bond acceptors (Lipinski definition) is 7. The highest BCUT2D eigenvalue weighted by atomic mass is 35.5. The molecular formula is C34H31ClF6N6O3. The third-order valence-corrected chi connectivity index (χ3v) is 9.27. The molecule has 1 aromatic carbocycles. The molecule has 5 rings (SSSR count). The molecular weight excluding hydrogens is 690 g/mol. The maximum atomic E-state index is 15.6. The van der Waals surface area contributed by atoms with Gasteiger partial charge in [0.1, 0.15) is 22.8 Å². The zero-order valence-electron chi connectivity index (χ0n) is 27.4. The van der Waals surface area contributed by atoms with E-state index in [1.54, 1.807) is 56.7 Å². The predicted octanol–water partition coefficient (Wildman–Crippen LogP) is 7.14. The van der Waals surface area contributed by atoms with Crippen LogP contribution in [-0.4, -0.2) is 56.3 Å². The van der Waals surface area contributed by atoms with Gasteiger partial charge in [-0.15, -0.1) is 0 Å². The Balaban J connectivity index is 1.93. The highest BCUT2D eigenvalue weighted by Gasteiger charge is 2.43. The minimum absolute atomic E-state index is 0.0289. The molecule has 50 heavy (non-hydrogen) atoms. The summed E-state index contributed by atoms with van der Waals surface area (Å²) in [7, 11) is 0. The zero-order valence-corrected chi connectivity index (χ0v) is 28.2. The van der Waals surface area contributed by atoms with Crippen molar-refractivity contribution >= 4 is 39.9 Å². The number of rotatable bonds is 5. The highest BCUT2D eigenvalue weighted by molar-refractivity contribution is 6.34. The van der Waals surface area contributed by atoms with Crippen LogP contribution < -0.4 is 10.5 Å². The number of allylic oxidation sites excluding steroid dienone is 1. The summed E-state index contributed by atoms with van der Waals surface area (Å²) in [6.07, 6.45) is -1.34. The predicted molar refractivity (Wildman–Crippen MR) is 175 cm³/mol. The zero-order chi connectivity index (χ0) is 37.1. The van der Waals surface area contributed by atoms with Crippen molar-refractivity contribution in [2.24, 2.45) is 16.8 Å². The molecule has 0 unspecified atom stereocenters. The molecule has 9 nitrogen and oxygen atoms in total. The van der Waals surface area contributed by atoms with Crippen molar-refractivity contribution in [1.29, 1.82) is 5.26 Å². The highest BCUT2D eigenvalue weighted by Crippen LogP contribution is 2.46. The van der Waals surface area contributed by atoms with Crippen molar-refractivity contribution in [3.8, 4) is 23.1 Å². The number of aromatic hydroxyl groups is 1. The largest absolute Gasteiger partial charge is 0.504 e. The van der Waals surface area contributed by atoms with Crippen molar-refractivity contribution in [3.63, 3.8) is 0 Å². The van der Waals surface area contributed by atoms with Gasteiger partial charge >= 0.3 is 6.18 Å². The molecule has 2 aromatic heterocycles. The summed E-state index contributed by atoms with van der Waals surface area (Å²) in [6.45, 7) is 12.6. The average molecular weight is 721 g/mol. The van der Waals surface area contributed by atoms with Gasteiger partial charge in [-0.1, -0.05) is 45.0 Å². The standard InChI is InChI=1S/C34H31ClF6N6O3/c1-7-21(48)46-16(5)12-45(13-17(46)6)30-18-10-20(35)28(22-24(36)23(34(39,40)41)25(37)26(38)31(22)49)44-32(18)47(33(50)19(30)11-42)29-15(4)8-9-43-27(29)14(2)3/h7-10,14-17,29,49H,1,12-13H2,2-6H3/t15-,16-,17+,29-/m1/s1. The monoisotopic (exact) mass is 720 g/mol. The van der Waals surface area contributed by atoms with E-state index in [0.29, 0.717) is 5.71 Å². The molecule has 1 fully saturated rings. The molecule has 3 aromatic rings. The molecule has 4 heterocycles. The van der Waals surface area contributed by atoms with Gasteiger partial charge in [0.05, 0.1) is 28.0 Å². The van der Waals surface area contributed by atoms with Crippen molar-refractivity contribution < 1.29 is 36.2 Å². The number of halogens is 7. The number of aromatic nitrogens is 2. The molecule has 0 radical (unpaired) electrons. The van der Waals surface area contributed by atoms with E-state index in [0.717, 1.165) is 16.7 Å². The lowest BCUT2D eigenvalue weighted by atomic mass is 9.88. The number of carbonyl (C=O) groups excluding carboxylic acids is 1. The van der Waals surface area contributed by atoms with Crippen LogP contribution in [0, 0.1) is 40.6 Å². The van der Waals surface area contributed by atoms with Crippen LogP contribution in [0.25, 0.3) is 22.3 Å². The molecule has 0 bridgehead atoms. The minimum atomic E-state index is -5.73. The molecule has 1 saturated heterocycles. The van der Waals surface area contributed by atoms with Gasteiger partial charge in [-0.2, -0.15) is 22.8 Å². The van der Waals surface area contributed by atoms with Crippen LogP contribution >= 0.6 is 11.6 Å². The van der Waals surface area contributed by atoms with Crippen LogP contribution in [-0.2, 0) is 11.0 Å². The van der Waals surface area contributed by atoms with Crippen LogP contribution in [0.15, 0.2) is 40.8 Å². The number of piperazine rings is 1. The molecule has 1 amide bonds. The molecule has 0 spiro atoms. The van der Waals surface area contributed by atoms with E-state index >= 15 is 4.39 Å². The average Bonchev–Trinajstić information content (AvgIpc) is 3.02. The van der Waals surface area contributed by atoms with Crippen LogP contribution in [0.2, 0.25) is 5.02 Å².